The number of hydrogen-bond donors (Lipinski definition) is 1. The highest BCUT2D eigenvalue weighted by atomic mass is 16.6. The first-order valence-corrected chi connectivity index (χ1v) is 6.23. The third-order valence-electron chi connectivity index (χ3n) is 3.35. The smallest absolute Gasteiger partial charge is 0.335 e. The van der Waals surface area contributed by atoms with E-state index in [0.717, 1.165) is 22.5 Å². The zero-order valence-electron chi connectivity index (χ0n) is 10.8. The van der Waals surface area contributed by atoms with Crippen molar-refractivity contribution in [3.8, 4) is 0 Å². The van der Waals surface area contributed by atoms with Crippen molar-refractivity contribution >= 4 is 23.1 Å². The van der Waals surface area contributed by atoms with E-state index in [4.69, 9.17) is 5.11 Å². The number of non-ortho nitro benzene ring substituents is 1. The van der Waals surface area contributed by atoms with Gasteiger partial charge in [0.05, 0.1) is 21.9 Å². The van der Waals surface area contributed by atoms with E-state index in [-0.39, 0.29) is 11.3 Å². The fourth-order valence-electron chi connectivity index (χ4n) is 2.27. The Morgan fingerprint density at radius 3 is 2.52 bits per heavy atom. The molecule has 0 bridgehead atoms. The summed E-state index contributed by atoms with van der Waals surface area (Å²) in [6.07, 6.45) is 0.503. The van der Waals surface area contributed by atoms with Gasteiger partial charge in [-0.15, -0.1) is 0 Å². The molecule has 0 atom stereocenters. The van der Waals surface area contributed by atoms with Gasteiger partial charge in [-0.25, -0.2) is 4.79 Å². The lowest BCUT2D eigenvalue weighted by atomic mass is 10.0. The molecular formula is C15H10N2O4. The second kappa shape index (κ2) is 4.82. The highest BCUT2D eigenvalue weighted by Crippen LogP contribution is 2.31. The summed E-state index contributed by atoms with van der Waals surface area (Å²) < 4.78 is 0. The minimum absolute atomic E-state index is 0.0476. The molecular weight excluding hydrogens is 272 g/mol. The van der Waals surface area contributed by atoms with E-state index < -0.39 is 10.9 Å². The zero-order valence-corrected chi connectivity index (χ0v) is 10.8. The van der Waals surface area contributed by atoms with Gasteiger partial charge in [0.15, 0.2) is 0 Å². The van der Waals surface area contributed by atoms with Crippen LogP contribution >= 0.6 is 0 Å². The van der Waals surface area contributed by atoms with Crippen LogP contribution in [0.15, 0.2) is 47.5 Å². The highest BCUT2D eigenvalue weighted by Gasteiger charge is 2.19. The Bertz CT molecular complexity index is 779. The van der Waals surface area contributed by atoms with Crippen molar-refractivity contribution in [1.29, 1.82) is 0 Å². The Kier molecular flexibility index (Phi) is 2.98. The van der Waals surface area contributed by atoms with Crippen molar-refractivity contribution in [3.63, 3.8) is 0 Å². The number of carboxylic acids is 1. The number of aliphatic imine (C=N–C) groups is 1. The molecule has 0 saturated heterocycles. The second-order valence-corrected chi connectivity index (χ2v) is 4.69. The summed E-state index contributed by atoms with van der Waals surface area (Å²) in [5.41, 5.74) is 3.39. The number of rotatable bonds is 3. The molecule has 3 rings (SSSR count). The van der Waals surface area contributed by atoms with Crippen LogP contribution in [0.3, 0.4) is 0 Å². The summed E-state index contributed by atoms with van der Waals surface area (Å²) in [7, 11) is 0. The number of carbonyl (C=O) groups is 1. The minimum atomic E-state index is -0.978. The molecule has 0 amide bonds. The van der Waals surface area contributed by atoms with Gasteiger partial charge in [-0.2, -0.15) is 0 Å². The first-order chi connectivity index (χ1) is 10.0. The van der Waals surface area contributed by atoms with Crippen molar-refractivity contribution in [2.45, 2.75) is 6.42 Å². The Morgan fingerprint density at radius 2 is 1.90 bits per heavy atom. The maximum atomic E-state index is 10.8. The van der Waals surface area contributed by atoms with Crippen LogP contribution in [-0.2, 0) is 6.42 Å². The Morgan fingerprint density at radius 1 is 1.19 bits per heavy atom. The van der Waals surface area contributed by atoms with Gasteiger partial charge in [-0.1, -0.05) is 12.1 Å². The van der Waals surface area contributed by atoms with E-state index in [1.165, 1.54) is 24.3 Å². The molecule has 0 radical (unpaired) electrons. The molecule has 0 saturated carbocycles. The van der Waals surface area contributed by atoms with Gasteiger partial charge in [0.2, 0.25) is 0 Å². The zero-order chi connectivity index (χ0) is 15.0. The highest BCUT2D eigenvalue weighted by molar-refractivity contribution is 6.07. The quantitative estimate of drug-likeness (QED) is 0.691. The van der Waals surface area contributed by atoms with E-state index in [9.17, 15) is 14.9 Å². The lowest BCUT2D eigenvalue weighted by Crippen LogP contribution is -2.02. The molecule has 0 spiro atoms. The SMILES string of the molecule is O=C(O)c1ccc(C2=Nc3ccc([N+](=O)[O-])cc3C2)cc1. The van der Waals surface area contributed by atoms with Crippen molar-refractivity contribution in [1.82, 2.24) is 0 Å². The lowest BCUT2D eigenvalue weighted by molar-refractivity contribution is -0.384. The van der Waals surface area contributed by atoms with Crippen LogP contribution in [0.1, 0.15) is 21.5 Å². The standard InChI is InChI=1S/C15H10N2O4/c18-15(19)10-3-1-9(2-4-10)14-8-11-7-12(17(20)21)5-6-13(11)16-14/h1-7H,8H2,(H,18,19). The summed E-state index contributed by atoms with van der Waals surface area (Å²) in [6, 6.07) is 11.0. The Balaban J connectivity index is 1.89. The van der Waals surface area contributed by atoms with E-state index >= 15 is 0 Å². The first-order valence-electron chi connectivity index (χ1n) is 6.23. The Labute approximate surface area is 119 Å². The summed E-state index contributed by atoms with van der Waals surface area (Å²) >= 11 is 0. The van der Waals surface area contributed by atoms with Crippen LogP contribution in [0.25, 0.3) is 0 Å². The van der Waals surface area contributed by atoms with Gasteiger partial charge in [-0.3, -0.25) is 15.1 Å². The van der Waals surface area contributed by atoms with Crippen molar-refractivity contribution in [2.75, 3.05) is 0 Å². The number of benzene rings is 2. The number of nitro benzene ring substituents is 1. The number of nitro groups is 1. The van der Waals surface area contributed by atoms with E-state index in [2.05, 4.69) is 4.99 Å². The monoisotopic (exact) mass is 282 g/mol. The summed E-state index contributed by atoms with van der Waals surface area (Å²) in [5, 5.41) is 19.6. The Hall–Kier alpha value is -3.02. The van der Waals surface area contributed by atoms with Gasteiger partial charge < -0.3 is 5.11 Å². The fourth-order valence-corrected chi connectivity index (χ4v) is 2.27. The summed E-state index contributed by atoms with van der Waals surface area (Å²) in [6.45, 7) is 0. The molecule has 0 aromatic heterocycles. The molecule has 1 aliphatic heterocycles. The molecule has 0 fully saturated rings. The molecule has 6 nitrogen and oxygen atoms in total. The van der Waals surface area contributed by atoms with Gasteiger partial charge in [0, 0.05) is 18.6 Å². The van der Waals surface area contributed by atoms with Crippen LogP contribution in [0.2, 0.25) is 0 Å². The van der Waals surface area contributed by atoms with Gasteiger partial charge in [0.25, 0.3) is 5.69 Å². The number of fused-ring (bicyclic) bond motifs is 1. The van der Waals surface area contributed by atoms with Crippen LogP contribution < -0.4 is 0 Å². The van der Waals surface area contributed by atoms with E-state index in [1.54, 1.807) is 18.2 Å². The van der Waals surface area contributed by atoms with Crippen LogP contribution in [0, 0.1) is 10.1 Å². The summed E-state index contributed by atoms with van der Waals surface area (Å²) in [4.78, 5) is 25.6. The molecule has 21 heavy (non-hydrogen) atoms. The predicted octanol–water partition coefficient (Wildman–Crippen LogP) is 2.97. The number of nitrogens with zero attached hydrogens (tertiary/aromatic N) is 2. The van der Waals surface area contributed by atoms with Crippen molar-refractivity contribution in [2.24, 2.45) is 4.99 Å². The molecule has 1 N–H and O–H groups in total. The maximum absolute atomic E-state index is 10.8. The van der Waals surface area contributed by atoms with E-state index in [0.29, 0.717) is 6.42 Å². The molecule has 1 heterocycles. The topological polar surface area (TPSA) is 92.8 Å². The number of hydrogen-bond acceptors (Lipinski definition) is 4. The summed E-state index contributed by atoms with van der Waals surface area (Å²) in [5.74, 6) is -0.978. The van der Waals surface area contributed by atoms with Gasteiger partial charge >= 0.3 is 5.97 Å². The van der Waals surface area contributed by atoms with Gasteiger partial charge in [-0.05, 0) is 29.3 Å². The van der Waals surface area contributed by atoms with E-state index in [1.807, 2.05) is 0 Å². The molecule has 2 aromatic carbocycles. The average molecular weight is 282 g/mol. The molecule has 6 heteroatoms. The average Bonchev–Trinajstić information content (AvgIpc) is 2.90. The van der Waals surface area contributed by atoms with Crippen molar-refractivity contribution in [3.05, 3.63) is 69.3 Å². The number of aromatic carboxylic acids is 1. The van der Waals surface area contributed by atoms with Gasteiger partial charge in [0.1, 0.15) is 0 Å². The fraction of sp³-hybridized carbons (Fsp3) is 0.0667. The minimum Gasteiger partial charge on any atom is -0.478 e. The molecule has 1 aliphatic rings. The third kappa shape index (κ3) is 2.38. The van der Waals surface area contributed by atoms with Crippen molar-refractivity contribution < 1.29 is 14.8 Å². The van der Waals surface area contributed by atoms with Crippen LogP contribution in [0.5, 0.6) is 0 Å². The first kappa shape index (κ1) is 13.0. The maximum Gasteiger partial charge on any atom is 0.335 e. The molecule has 0 unspecified atom stereocenters. The normalized spacial score (nSPS) is 12.7. The molecule has 0 aliphatic carbocycles. The lowest BCUT2D eigenvalue weighted by Gasteiger charge is -2.01. The third-order valence-corrected chi connectivity index (χ3v) is 3.35. The predicted molar refractivity (Wildman–Crippen MR) is 76.4 cm³/mol. The molecule has 104 valence electrons. The van der Waals surface area contributed by atoms with Crippen LogP contribution in [0.4, 0.5) is 11.4 Å². The van der Waals surface area contributed by atoms with Crippen LogP contribution in [-0.4, -0.2) is 21.7 Å². The second-order valence-electron chi connectivity index (χ2n) is 4.69. The number of carboxylic acid groups (broad SMARTS) is 1. The molecule has 2 aromatic rings. The largest absolute Gasteiger partial charge is 0.478 e.